The summed E-state index contributed by atoms with van der Waals surface area (Å²) in [5, 5.41) is 11.2. The van der Waals surface area contributed by atoms with Gasteiger partial charge in [0.2, 0.25) is 0 Å². The van der Waals surface area contributed by atoms with E-state index in [0.29, 0.717) is 23.5 Å². The summed E-state index contributed by atoms with van der Waals surface area (Å²) in [4.78, 5) is 29.7. The predicted octanol–water partition coefficient (Wildman–Crippen LogP) is 4.15. The maximum atomic E-state index is 13.2. The summed E-state index contributed by atoms with van der Waals surface area (Å²) in [7, 11) is 0. The third-order valence-electron chi connectivity index (χ3n) is 4.09. The lowest BCUT2D eigenvalue weighted by molar-refractivity contribution is -0.385. The second-order valence-electron chi connectivity index (χ2n) is 5.77. The van der Waals surface area contributed by atoms with Crippen molar-refractivity contribution in [2.45, 2.75) is 13.5 Å². The number of anilines is 1. The van der Waals surface area contributed by atoms with E-state index < -0.39 is 4.92 Å². The molecule has 0 aliphatic rings. The highest BCUT2D eigenvalue weighted by atomic mass is 16.6. The Morgan fingerprint density at radius 2 is 1.77 bits per heavy atom. The fraction of sp³-hybridized carbons (Fsp3) is 0.100. The monoisotopic (exact) mass is 347 g/mol. The van der Waals surface area contributed by atoms with Gasteiger partial charge in [0.15, 0.2) is 0 Å². The Bertz CT molecular complexity index is 928. The summed E-state index contributed by atoms with van der Waals surface area (Å²) >= 11 is 0. The number of hydrogen-bond acceptors (Lipinski definition) is 4. The molecule has 0 N–H and O–H groups in total. The number of rotatable bonds is 5. The first-order valence-electron chi connectivity index (χ1n) is 8.09. The lowest BCUT2D eigenvalue weighted by Gasteiger charge is -2.22. The summed E-state index contributed by atoms with van der Waals surface area (Å²) in [6, 6.07) is 19.4. The number of hydrogen-bond donors (Lipinski definition) is 0. The van der Waals surface area contributed by atoms with Crippen molar-refractivity contribution < 1.29 is 9.72 Å². The molecule has 2 aromatic carbocycles. The normalized spacial score (nSPS) is 10.3. The average Bonchev–Trinajstić information content (AvgIpc) is 2.67. The van der Waals surface area contributed by atoms with Crippen LogP contribution in [0.3, 0.4) is 0 Å². The van der Waals surface area contributed by atoms with Crippen LogP contribution >= 0.6 is 0 Å². The van der Waals surface area contributed by atoms with Crippen LogP contribution in [0.5, 0.6) is 0 Å². The number of nitro groups is 1. The highest BCUT2D eigenvalue weighted by molar-refractivity contribution is 6.07. The summed E-state index contributed by atoms with van der Waals surface area (Å²) in [5.41, 5.74) is 1.50. The molecule has 130 valence electrons. The minimum Gasteiger partial charge on any atom is -0.288 e. The van der Waals surface area contributed by atoms with Gasteiger partial charge in [-0.1, -0.05) is 42.5 Å². The maximum Gasteiger partial charge on any atom is 0.273 e. The minimum atomic E-state index is -0.478. The molecule has 3 rings (SSSR count). The van der Waals surface area contributed by atoms with Crippen LogP contribution in [0.25, 0.3) is 0 Å². The number of carbonyl (C=O) groups is 1. The standard InChI is InChI=1S/C20H17N3O3/c1-15-17(10-7-11-18(15)23(25)26)20(24)22(19-12-5-6-13-21-19)14-16-8-3-2-4-9-16/h2-13H,14H2,1H3. The molecule has 6 nitrogen and oxygen atoms in total. The van der Waals surface area contributed by atoms with Gasteiger partial charge in [-0.15, -0.1) is 0 Å². The predicted molar refractivity (Wildman–Crippen MR) is 99.0 cm³/mol. The molecular weight excluding hydrogens is 330 g/mol. The molecule has 0 atom stereocenters. The van der Waals surface area contributed by atoms with Crippen LogP contribution in [-0.4, -0.2) is 15.8 Å². The van der Waals surface area contributed by atoms with Crippen molar-refractivity contribution in [1.82, 2.24) is 4.98 Å². The van der Waals surface area contributed by atoms with E-state index >= 15 is 0 Å². The smallest absolute Gasteiger partial charge is 0.273 e. The molecule has 0 aliphatic carbocycles. The molecule has 0 spiro atoms. The molecule has 1 amide bonds. The van der Waals surface area contributed by atoms with Crippen LogP contribution in [0.2, 0.25) is 0 Å². The van der Waals surface area contributed by atoms with Crippen LogP contribution in [0.4, 0.5) is 11.5 Å². The van der Waals surface area contributed by atoms with Crippen LogP contribution in [0, 0.1) is 17.0 Å². The molecule has 6 heteroatoms. The minimum absolute atomic E-state index is 0.0727. The third kappa shape index (κ3) is 3.59. The highest BCUT2D eigenvalue weighted by Gasteiger charge is 2.24. The lowest BCUT2D eigenvalue weighted by Crippen LogP contribution is -2.31. The van der Waals surface area contributed by atoms with Gasteiger partial charge in [0, 0.05) is 23.4 Å². The summed E-state index contributed by atoms with van der Waals surface area (Å²) in [6.45, 7) is 1.91. The molecule has 1 aromatic heterocycles. The molecule has 0 saturated carbocycles. The zero-order valence-corrected chi connectivity index (χ0v) is 14.2. The zero-order valence-electron chi connectivity index (χ0n) is 14.2. The number of benzene rings is 2. The van der Waals surface area contributed by atoms with E-state index in [0.717, 1.165) is 5.56 Å². The van der Waals surface area contributed by atoms with Crippen molar-refractivity contribution in [1.29, 1.82) is 0 Å². The lowest BCUT2D eigenvalue weighted by atomic mass is 10.0. The van der Waals surface area contributed by atoms with Crippen molar-refractivity contribution in [3.05, 3.63) is 99.7 Å². The van der Waals surface area contributed by atoms with Gasteiger partial charge < -0.3 is 0 Å². The number of nitro benzene ring substituents is 1. The van der Waals surface area contributed by atoms with Crippen LogP contribution in [0.1, 0.15) is 21.5 Å². The van der Waals surface area contributed by atoms with Gasteiger partial charge in [0.05, 0.1) is 11.5 Å². The largest absolute Gasteiger partial charge is 0.288 e. The topological polar surface area (TPSA) is 76.3 Å². The van der Waals surface area contributed by atoms with Gasteiger partial charge >= 0.3 is 0 Å². The molecule has 0 fully saturated rings. The molecule has 0 bridgehead atoms. The SMILES string of the molecule is Cc1c(C(=O)N(Cc2ccccc2)c2ccccn2)cccc1[N+](=O)[O-]. The Morgan fingerprint density at radius 3 is 2.42 bits per heavy atom. The van der Waals surface area contributed by atoms with Crippen molar-refractivity contribution in [2.24, 2.45) is 0 Å². The van der Waals surface area contributed by atoms with Crippen molar-refractivity contribution in [2.75, 3.05) is 4.90 Å². The fourth-order valence-electron chi connectivity index (χ4n) is 2.73. The van der Waals surface area contributed by atoms with Crippen LogP contribution < -0.4 is 4.90 Å². The van der Waals surface area contributed by atoms with E-state index in [2.05, 4.69) is 4.98 Å². The molecule has 26 heavy (non-hydrogen) atoms. The number of carbonyl (C=O) groups excluding carboxylic acids is 1. The van der Waals surface area contributed by atoms with Crippen molar-refractivity contribution in [3.63, 3.8) is 0 Å². The first-order chi connectivity index (χ1) is 12.6. The Labute approximate surface area is 150 Å². The second kappa shape index (κ2) is 7.57. The zero-order chi connectivity index (χ0) is 18.5. The summed E-state index contributed by atoms with van der Waals surface area (Å²) in [6.07, 6.45) is 1.61. The van der Waals surface area contributed by atoms with E-state index in [4.69, 9.17) is 0 Å². The van der Waals surface area contributed by atoms with Gasteiger partial charge in [-0.05, 0) is 30.7 Å². The molecule has 0 radical (unpaired) electrons. The van der Waals surface area contributed by atoms with Gasteiger partial charge in [0.1, 0.15) is 5.82 Å². The number of aromatic nitrogens is 1. The van der Waals surface area contributed by atoms with E-state index in [-0.39, 0.29) is 11.6 Å². The average molecular weight is 347 g/mol. The van der Waals surface area contributed by atoms with E-state index in [1.807, 2.05) is 30.3 Å². The molecule has 0 unspecified atom stereocenters. The first kappa shape index (κ1) is 17.3. The highest BCUT2D eigenvalue weighted by Crippen LogP contribution is 2.25. The van der Waals surface area contributed by atoms with Gasteiger partial charge in [-0.25, -0.2) is 4.98 Å². The Kier molecular flexibility index (Phi) is 5.03. The van der Waals surface area contributed by atoms with E-state index in [1.54, 1.807) is 37.4 Å². The van der Waals surface area contributed by atoms with Gasteiger partial charge in [-0.3, -0.25) is 19.8 Å². The molecule has 1 heterocycles. The van der Waals surface area contributed by atoms with Crippen molar-refractivity contribution >= 4 is 17.4 Å². The van der Waals surface area contributed by atoms with Gasteiger partial charge in [-0.2, -0.15) is 0 Å². The fourth-order valence-corrected chi connectivity index (χ4v) is 2.73. The molecule has 0 saturated heterocycles. The van der Waals surface area contributed by atoms with E-state index in [9.17, 15) is 14.9 Å². The van der Waals surface area contributed by atoms with Crippen molar-refractivity contribution in [3.8, 4) is 0 Å². The Morgan fingerprint density at radius 1 is 1.04 bits per heavy atom. The molecule has 3 aromatic rings. The molecule has 0 aliphatic heterocycles. The summed E-state index contributed by atoms with van der Waals surface area (Å²) < 4.78 is 0. The summed E-state index contributed by atoms with van der Waals surface area (Å²) in [5.74, 6) is 0.168. The first-order valence-corrected chi connectivity index (χ1v) is 8.09. The number of nitrogens with zero attached hydrogens (tertiary/aromatic N) is 3. The second-order valence-corrected chi connectivity index (χ2v) is 5.77. The van der Waals surface area contributed by atoms with E-state index in [1.165, 1.54) is 17.0 Å². The third-order valence-corrected chi connectivity index (χ3v) is 4.09. The van der Waals surface area contributed by atoms with Crippen LogP contribution in [0.15, 0.2) is 72.9 Å². The van der Waals surface area contributed by atoms with Crippen LogP contribution in [-0.2, 0) is 6.54 Å². The Hall–Kier alpha value is -3.54. The number of pyridine rings is 1. The van der Waals surface area contributed by atoms with Gasteiger partial charge in [0.25, 0.3) is 11.6 Å². The Balaban J connectivity index is 2.03. The quantitative estimate of drug-likeness (QED) is 0.513. The maximum absolute atomic E-state index is 13.2. The number of amides is 1. The molecular formula is C20H17N3O3.